The highest BCUT2D eigenvalue weighted by Gasteiger charge is 2.54. The number of nitrogens with zero attached hydrogens (tertiary/aromatic N) is 4. The van der Waals surface area contributed by atoms with E-state index in [-0.39, 0.29) is 62.2 Å². The highest BCUT2D eigenvalue weighted by Crippen LogP contribution is 2.41. The first kappa shape index (κ1) is 60.4. The van der Waals surface area contributed by atoms with Gasteiger partial charge >= 0.3 is 0 Å². The molecule has 17 atom stereocenters. The molecule has 5 aliphatic heterocycles. The van der Waals surface area contributed by atoms with E-state index in [0.29, 0.717) is 31.8 Å². The van der Waals surface area contributed by atoms with Gasteiger partial charge in [0.1, 0.15) is 24.2 Å². The van der Waals surface area contributed by atoms with Crippen LogP contribution in [0.1, 0.15) is 106 Å². The zero-order valence-corrected chi connectivity index (χ0v) is 47.8. The summed E-state index contributed by atoms with van der Waals surface area (Å²) in [6, 6.07) is 15.5. The van der Waals surface area contributed by atoms with Crippen LogP contribution < -0.4 is 16.0 Å². The normalized spacial score (nSPS) is 37.7. The van der Waals surface area contributed by atoms with Gasteiger partial charge in [0.15, 0.2) is 18.7 Å². The molecule has 0 spiro atoms. The van der Waals surface area contributed by atoms with Crippen LogP contribution in [-0.2, 0) is 65.2 Å². The maximum Gasteiger partial charge on any atom is 0.288 e. The van der Waals surface area contributed by atoms with Crippen LogP contribution in [0.2, 0.25) is 0 Å². The molecule has 5 fully saturated rings. The van der Waals surface area contributed by atoms with Crippen molar-refractivity contribution in [2.24, 2.45) is 22.7 Å². The summed E-state index contributed by atoms with van der Waals surface area (Å²) in [6.07, 6.45) is -5.23. The fourth-order valence-corrected chi connectivity index (χ4v) is 12.2. The number of hydrogen-bond donors (Lipinski definition) is 5. The number of rotatable bonds is 10. The summed E-state index contributed by atoms with van der Waals surface area (Å²) in [6.45, 7) is 16.4. The number of carbonyl (C=O) groups is 5. The van der Waals surface area contributed by atoms with Crippen molar-refractivity contribution >= 4 is 35.6 Å². The molecule has 0 saturated carbocycles. The minimum atomic E-state index is -1.73. The Bertz CT molecular complexity index is 2400. The van der Waals surface area contributed by atoms with Crippen molar-refractivity contribution in [3.8, 4) is 0 Å². The molecule has 20 heteroatoms. The van der Waals surface area contributed by atoms with E-state index in [1.54, 1.807) is 44.5 Å². The number of amidine groups is 1. The molecule has 2 aromatic rings. The summed E-state index contributed by atoms with van der Waals surface area (Å²) in [4.78, 5) is 82.6. The largest absolute Gasteiger partial charge is 0.454 e. The van der Waals surface area contributed by atoms with Crippen LogP contribution in [-0.4, -0.2) is 192 Å². The summed E-state index contributed by atoms with van der Waals surface area (Å²) < 4.78 is 39.5. The molecular weight excluding hydrogens is 1000 g/mol. The summed E-state index contributed by atoms with van der Waals surface area (Å²) in [7, 11) is 5.11. The van der Waals surface area contributed by atoms with E-state index >= 15 is 4.79 Å². The number of fused-ring (bicyclic) bond motifs is 2. The SMILES string of the molecule is CO[C@]1(C)CC(O[C@@H]2C(C)C(=O)N[C@@H](Cc3ccccc3)C(=O)NCC(=O)NC(Cc3ccccc3)C(=O)N3CCCC3C(=O)N(C)C[C@H](C)C[C@@](C)(O)[C@H](O[C@@H]3OC(C)CC4[C@H]3O/C(=N/C(C)C)N4C)[C@H]2C)OC(C)[C@@H]1O. The maximum absolute atomic E-state index is 15.1. The van der Waals surface area contributed by atoms with Gasteiger partial charge in [-0.15, -0.1) is 0 Å². The molecule has 2 aromatic carbocycles. The third-order valence-corrected chi connectivity index (χ3v) is 16.4. The van der Waals surface area contributed by atoms with Gasteiger partial charge in [-0.2, -0.15) is 0 Å². The fraction of sp³-hybridized carbons (Fsp3) is 0.690. The molecule has 0 aliphatic carbocycles. The van der Waals surface area contributed by atoms with Gasteiger partial charge in [0, 0.05) is 65.5 Å². The van der Waals surface area contributed by atoms with Gasteiger partial charge in [-0.1, -0.05) is 81.4 Å². The number of likely N-dealkylation sites (N-methyl/N-ethyl adjacent to an activating group) is 2. The summed E-state index contributed by atoms with van der Waals surface area (Å²) in [5, 5.41) is 33.1. The van der Waals surface area contributed by atoms with Gasteiger partial charge in [0.2, 0.25) is 29.5 Å². The van der Waals surface area contributed by atoms with E-state index < -0.39 is 114 Å². The molecule has 432 valence electrons. The van der Waals surface area contributed by atoms with E-state index in [4.69, 9.17) is 33.4 Å². The number of methoxy groups -OCH3 is 1. The highest BCUT2D eigenvalue weighted by molar-refractivity contribution is 5.95. The number of carbonyl (C=O) groups excluding carboxylic acids is 5. The van der Waals surface area contributed by atoms with E-state index in [1.807, 2.05) is 107 Å². The van der Waals surface area contributed by atoms with Crippen LogP contribution in [0, 0.1) is 17.8 Å². The first-order valence-electron chi connectivity index (χ1n) is 27.9. The molecule has 7 rings (SSSR count). The second-order valence-electron chi connectivity index (χ2n) is 23.4. The van der Waals surface area contributed by atoms with Gasteiger partial charge in [-0.25, -0.2) is 4.99 Å². The summed E-state index contributed by atoms with van der Waals surface area (Å²) in [5.41, 5.74) is -1.33. The van der Waals surface area contributed by atoms with Crippen LogP contribution in [0.25, 0.3) is 0 Å². The third kappa shape index (κ3) is 14.4. The molecule has 5 saturated heterocycles. The first-order valence-corrected chi connectivity index (χ1v) is 27.9. The third-order valence-electron chi connectivity index (χ3n) is 16.4. The molecule has 78 heavy (non-hydrogen) atoms. The van der Waals surface area contributed by atoms with Crippen molar-refractivity contribution in [1.82, 2.24) is 30.7 Å². The fourth-order valence-electron chi connectivity index (χ4n) is 12.2. The molecule has 7 unspecified atom stereocenters. The Kier molecular flexibility index (Phi) is 20.1. The minimum absolute atomic E-state index is 0.0454. The average molecular weight is 1090 g/mol. The van der Waals surface area contributed by atoms with E-state index in [2.05, 4.69) is 16.0 Å². The van der Waals surface area contributed by atoms with Crippen LogP contribution in [0.5, 0.6) is 0 Å². The number of nitrogens with one attached hydrogen (secondary N) is 3. The van der Waals surface area contributed by atoms with E-state index in [1.165, 1.54) is 7.11 Å². The smallest absolute Gasteiger partial charge is 0.288 e. The number of hydrogen-bond acceptors (Lipinski definition) is 14. The zero-order valence-electron chi connectivity index (χ0n) is 47.8. The summed E-state index contributed by atoms with van der Waals surface area (Å²) in [5.74, 6) is -4.93. The lowest BCUT2D eigenvalue weighted by molar-refractivity contribution is -0.313. The Morgan fingerprint density at radius 2 is 1.47 bits per heavy atom. The molecule has 0 radical (unpaired) electrons. The molecule has 0 aromatic heterocycles. The second-order valence-corrected chi connectivity index (χ2v) is 23.4. The van der Waals surface area contributed by atoms with Gasteiger partial charge < -0.3 is 69.3 Å². The molecule has 5 N–H and O–H groups in total. The lowest BCUT2D eigenvalue weighted by Gasteiger charge is -2.48. The predicted molar refractivity (Wildman–Crippen MR) is 290 cm³/mol. The van der Waals surface area contributed by atoms with Gasteiger partial charge in [-0.05, 0) is 84.3 Å². The van der Waals surface area contributed by atoms with Crippen molar-refractivity contribution in [2.45, 2.75) is 198 Å². The predicted octanol–water partition coefficient (Wildman–Crippen LogP) is 3.34. The quantitative estimate of drug-likeness (QED) is 0.230. The molecule has 20 nitrogen and oxygen atoms in total. The van der Waals surface area contributed by atoms with Crippen molar-refractivity contribution in [3.63, 3.8) is 0 Å². The molecule has 5 heterocycles. The minimum Gasteiger partial charge on any atom is -0.454 e. The lowest BCUT2D eigenvalue weighted by atomic mass is 9.77. The van der Waals surface area contributed by atoms with E-state index in [0.717, 1.165) is 11.1 Å². The first-order chi connectivity index (χ1) is 36.9. The Morgan fingerprint density at radius 3 is 2.10 bits per heavy atom. The van der Waals surface area contributed by atoms with Crippen LogP contribution in [0.3, 0.4) is 0 Å². The monoisotopic (exact) mass is 1090 g/mol. The topological polar surface area (TPSA) is 239 Å². The van der Waals surface area contributed by atoms with Crippen LogP contribution in [0.15, 0.2) is 65.7 Å². The lowest BCUT2D eigenvalue weighted by Crippen LogP contribution is -2.60. The molecule has 5 aliphatic rings. The number of ether oxygens (including phenoxy) is 6. The highest BCUT2D eigenvalue weighted by atomic mass is 16.7. The number of aliphatic hydroxyl groups excluding tert-OH is 1. The average Bonchev–Trinajstić information content (AvgIpc) is 4.11. The van der Waals surface area contributed by atoms with Crippen molar-refractivity contribution in [3.05, 3.63) is 71.8 Å². The molecule has 5 amide bonds. The van der Waals surface area contributed by atoms with E-state index in [9.17, 15) is 29.4 Å². The Hall–Kier alpha value is -5.22. The van der Waals surface area contributed by atoms with Crippen LogP contribution >= 0.6 is 0 Å². The van der Waals surface area contributed by atoms with Crippen molar-refractivity contribution in [2.75, 3.05) is 40.8 Å². The van der Waals surface area contributed by atoms with Gasteiger partial charge in [-0.3, -0.25) is 24.0 Å². The standard InChI is InChI=1S/C58H87N7O13/c1-33(2)60-56-64(11)44-26-35(4)74-55(48(44)77-56)78-50-36(5)47(76-46-30-58(9,73-12)49(67)38(7)75-46)37(6)51(68)62-41(27-39-20-15-13-16-21-39)52(69)59-31-45(66)61-42(28-40-22-17-14-18-23-40)53(70)65-25-19-24-43(65)54(71)63(10)32-34(3)29-57(50,8)72/h13-18,20-23,33-38,41-44,46-50,55,67,72H,19,24-32H2,1-12H3,(H,59,69)(H,61,66)(H,62,68)/b60-56+/t34-,35?,36+,37?,38?,41+,42?,43?,44?,46?,47+,48-,49+,50-,55+,57-,58-/m1/s1. The van der Waals surface area contributed by atoms with Crippen molar-refractivity contribution < 1.29 is 62.6 Å². The Labute approximate surface area is 460 Å². The maximum atomic E-state index is 15.1. The second kappa shape index (κ2) is 25.9. The number of amides is 5. The molecule has 0 bridgehead atoms. The Morgan fingerprint density at radius 1 is 0.833 bits per heavy atom. The number of aliphatic hydroxyl groups is 2. The Balaban J connectivity index is 1.30. The van der Waals surface area contributed by atoms with Gasteiger partial charge in [0.05, 0.1) is 54.1 Å². The summed E-state index contributed by atoms with van der Waals surface area (Å²) >= 11 is 0. The zero-order chi connectivity index (χ0) is 56.8. The number of benzene rings is 2. The van der Waals surface area contributed by atoms with Crippen molar-refractivity contribution in [1.29, 1.82) is 0 Å². The number of aliphatic imine (C=N–C) groups is 1. The molecular formula is C58H87N7O13. The van der Waals surface area contributed by atoms with Crippen LogP contribution in [0.4, 0.5) is 0 Å². The van der Waals surface area contributed by atoms with Gasteiger partial charge in [0.25, 0.3) is 6.02 Å².